The third kappa shape index (κ3) is 5.72. The van der Waals surface area contributed by atoms with E-state index in [2.05, 4.69) is 67.1 Å². The van der Waals surface area contributed by atoms with E-state index in [9.17, 15) is 0 Å². The van der Waals surface area contributed by atoms with Gasteiger partial charge in [0.15, 0.2) is 0 Å². The zero-order chi connectivity index (χ0) is 16.7. The molecule has 1 aromatic rings. The average molecular weight is 318 g/mol. The van der Waals surface area contributed by atoms with Gasteiger partial charge < -0.3 is 10.2 Å². The van der Waals surface area contributed by atoms with Gasteiger partial charge in [0.05, 0.1) is 0 Å². The van der Waals surface area contributed by atoms with Crippen LogP contribution in [0, 0.1) is 11.8 Å². The summed E-state index contributed by atoms with van der Waals surface area (Å²) < 4.78 is 0. The molecule has 0 saturated carbocycles. The van der Waals surface area contributed by atoms with E-state index in [4.69, 9.17) is 0 Å². The van der Waals surface area contributed by atoms with Crippen LogP contribution in [0.15, 0.2) is 24.3 Å². The van der Waals surface area contributed by atoms with E-state index in [1.807, 2.05) is 0 Å². The highest BCUT2D eigenvalue weighted by atomic mass is 15.3. The summed E-state index contributed by atoms with van der Waals surface area (Å²) in [7, 11) is 0. The Labute approximate surface area is 143 Å². The van der Waals surface area contributed by atoms with Crippen LogP contribution in [0.1, 0.15) is 40.5 Å². The van der Waals surface area contributed by atoms with E-state index in [-0.39, 0.29) is 0 Å². The first kappa shape index (κ1) is 18.1. The van der Waals surface area contributed by atoms with Crippen molar-refractivity contribution in [3.8, 4) is 0 Å². The third-order valence-corrected chi connectivity index (χ3v) is 4.98. The van der Waals surface area contributed by atoms with E-state index < -0.39 is 0 Å². The maximum Gasteiger partial charge on any atom is 0.0368 e. The molecule has 0 spiro atoms. The number of hydrogen-bond acceptors (Lipinski definition) is 3. The first-order chi connectivity index (χ1) is 11.1. The van der Waals surface area contributed by atoms with Crippen molar-refractivity contribution in [3.05, 3.63) is 24.3 Å². The molecular weight excluding hydrogens is 282 g/mol. The summed E-state index contributed by atoms with van der Waals surface area (Å²) in [6.45, 7) is 16.1. The lowest BCUT2D eigenvalue weighted by Crippen LogP contribution is -2.47. The molecular formula is C20H35N3. The third-order valence-electron chi connectivity index (χ3n) is 4.98. The molecule has 0 amide bonds. The molecule has 3 heteroatoms. The van der Waals surface area contributed by atoms with Crippen molar-refractivity contribution in [1.82, 2.24) is 4.90 Å². The molecule has 2 rings (SSSR count). The molecule has 23 heavy (non-hydrogen) atoms. The van der Waals surface area contributed by atoms with Gasteiger partial charge in [0.25, 0.3) is 0 Å². The molecule has 1 heterocycles. The highest BCUT2D eigenvalue weighted by molar-refractivity contribution is 5.55. The molecule has 1 aliphatic heterocycles. The van der Waals surface area contributed by atoms with E-state index >= 15 is 0 Å². The Morgan fingerprint density at radius 3 is 2.09 bits per heavy atom. The quantitative estimate of drug-likeness (QED) is 0.770. The maximum atomic E-state index is 3.58. The summed E-state index contributed by atoms with van der Waals surface area (Å²) in [5, 5.41) is 3.58. The van der Waals surface area contributed by atoms with Gasteiger partial charge >= 0.3 is 0 Å². The Bertz CT molecular complexity index is 429. The standard InChI is InChI=1S/C20H35N3/c1-5-18(6-2)15-21-19-7-9-20(10-8-19)23-13-11-22(12-14-23)16-17(3)4/h7-10,17-18,21H,5-6,11-16H2,1-4H3. The fourth-order valence-corrected chi connectivity index (χ4v) is 3.33. The number of nitrogens with one attached hydrogen (secondary N) is 1. The second-order valence-electron chi connectivity index (χ2n) is 7.29. The first-order valence-corrected chi connectivity index (χ1v) is 9.43. The lowest BCUT2D eigenvalue weighted by molar-refractivity contribution is 0.231. The molecule has 1 aliphatic rings. The van der Waals surface area contributed by atoms with Crippen LogP contribution in [0.5, 0.6) is 0 Å². The van der Waals surface area contributed by atoms with Gasteiger partial charge in [-0.15, -0.1) is 0 Å². The van der Waals surface area contributed by atoms with Crippen molar-refractivity contribution < 1.29 is 0 Å². The minimum absolute atomic E-state index is 0.766. The fraction of sp³-hybridized carbons (Fsp3) is 0.700. The van der Waals surface area contributed by atoms with Gasteiger partial charge in [-0.25, -0.2) is 0 Å². The molecule has 1 N–H and O–H groups in total. The van der Waals surface area contributed by atoms with E-state index in [0.29, 0.717) is 0 Å². The van der Waals surface area contributed by atoms with Crippen molar-refractivity contribution >= 4 is 11.4 Å². The van der Waals surface area contributed by atoms with Gasteiger partial charge in [-0.2, -0.15) is 0 Å². The molecule has 1 aromatic carbocycles. The number of rotatable bonds is 8. The summed E-state index contributed by atoms with van der Waals surface area (Å²) in [4.78, 5) is 5.11. The summed E-state index contributed by atoms with van der Waals surface area (Å²) in [5.74, 6) is 1.55. The molecule has 0 atom stereocenters. The van der Waals surface area contributed by atoms with Gasteiger partial charge in [0, 0.05) is 50.6 Å². The van der Waals surface area contributed by atoms with Crippen LogP contribution in [0.2, 0.25) is 0 Å². The van der Waals surface area contributed by atoms with Gasteiger partial charge in [0.2, 0.25) is 0 Å². The molecule has 0 aromatic heterocycles. The summed E-state index contributed by atoms with van der Waals surface area (Å²) in [6, 6.07) is 9.01. The normalized spacial score (nSPS) is 16.3. The van der Waals surface area contributed by atoms with Gasteiger partial charge in [0.1, 0.15) is 0 Å². The lowest BCUT2D eigenvalue weighted by atomic mass is 10.0. The number of nitrogens with zero attached hydrogens (tertiary/aromatic N) is 2. The molecule has 3 nitrogen and oxygen atoms in total. The summed E-state index contributed by atoms with van der Waals surface area (Å²) in [5.41, 5.74) is 2.61. The molecule has 0 unspecified atom stereocenters. The van der Waals surface area contributed by atoms with E-state index in [0.717, 1.165) is 31.5 Å². The number of anilines is 2. The van der Waals surface area contributed by atoms with Crippen LogP contribution in [0.4, 0.5) is 11.4 Å². The van der Waals surface area contributed by atoms with Crippen molar-refractivity contribution in [1.29, 1.82) is 0 Å². The smallest absolute Gasteiger partial charge is 0.0368 e. The minimum Gasteiger partial charge on any atom is -0.385 e. The van der Waals surface area contributed by atoms with Crippen LogP contribution in [0.3, 0.4) is 0 Å². The second-order valence-corrected chi connectivity index (χ2v) is 7.29. The SMILES string of the molecule is CCC(CC)CNc1ccc(N2CCN(CC(C)C)CC2)cc1. The number of piperazine rings is 1. The van der Waals surface area contributed by atoms with Crippen LogP contribution >= 0.6 is 0 Å². The largest absolute Gasteiger partial charge is 0.385 e. The topological polar surface area (TPSA) is 18.5 Å². The van der Waals surface area contributed by atoms with Crippen molar-refractivity contribution in [2.24, 2.45) is 11.8 Å². The van der Waals surface area contributed by atoms with Crippen molar-refractivity contribution in [2.45, 2.75) is 40.5 Å². The Morgan fingerprint density at radius 2 is 1.57 bits per heavy atom. The van der Waals surface area contributed by atoms with Crippen LogP contribution in [0.25, 0.3) is 0 Å². The molecule has 0 aliphatic carbocycles. The highest BCUT2D eigenvalue weighted by Crippen LogP contribution is 2.20. The molecule has 1 fully saturated rings. The van der Waals surface area contributed by atoms with Crippen molar-refractivity contribution in [3.63, 3.8) is 0 Å². The molecule has 1 saturated heterocycles. The molecule has 0 radical (unpaired) electrons. The average Bonchev–Trinajstić information content (AvgIpc) is 2.56. The lowest BCUT2D eigenvalue weighted by Gasteiger charge is -2.36. The summed E-state index contributed by atoms with van der Waals surface area (Å²) in [6.07, 6.45) is 2.50. The predicted molar refractivity (Wildman–Crippen MR) is 102 cm³/mol. The minimum atomic E-state index is 0.766. The summed E-state index contributed by atoms with van der Waals surface area (Å²) >= 11 is 0. The Hall–Kier alpha value is -1.22. The van der Waals surface area contributed by atoms with E-state index in [1.165, 1.54) is 43.9 Å². The maximum absolute atomic E-state index is 3.58. The van der Waals surface area contributed by atoms with Gasteiger partial charge in [-0.3, -0.25) is 4.90 Å². The van der Waals surface area contributed by atoms with Crippen LogP contribution in [-0.2, 0) is 0 Å². The second kappa shape index (κ2) is 9.17. The Morgan fingerprint density at radius 1 is 0.957 bits per heavy atom. The fourth-order valence-electron chi connectivity index (χ4n) is 3.33. The van der Waals surface area contributed by atoms with Crippen LogP contribution in [-0.4, -0.2) is 44.2 Å². The Kier molecular flexibility index (Phi) is 7.22. The Balaban J connectivity index is 1.81. The first-order valence-electron chi connectivity index (χ1n) is 9.43. The zero-order valence-electron chi connectivity index (χ0n) is 15.5. The van der Waals surface area contributed by atoms with Crippen molar-refractivity contribution in [2.75, 3.05) is 49.5 Å². The van der Waals surface area contributed by atoms with Crippen LogP contribution < -0.4 is 10.2 Å². The predicted octanol–water partition coefficient (Wildman–Crippen LogP) is 4.31. The van der Waals surface area contributed by atoms with Gasteiger partial charge in [-0.1, -0.05) is 40.5 Å². The number of benzene rings is 1. The number of hydrogen-bond donors (Lipinski definition) is 1. The molecule has 130 valence electrons. The molecule has 0 bridgehead atoms. The monoisotopic (exact) mass is 317 g/mol. The zero-order valence-corrected chi connectivity index (χ0v) is 15.5. The van der Waals surface area contributed by atoms with Gasteiger partial charge in [-0.05, 0) is 36.1 Å². The highest BCUT2D eigenvalue weighted by Gasteiger charge is 2.17. The van der Waals surface area contributed by atoms with E-state index in [1.54, 1.807) is 0 Å².